The third-order valence-corrected chi connectivity index (χ3v) is 5.68. The van der Waals surface area contributed by atoms with Crippen LogP contribution in [0.3, 0.4) is 0 Å². The lowest BCUT2D eigenvalue weighted by Crippen LogP contribution is -2.44. The highest BCUT2D eigenvalue weighted by Crippen LogP contribution is 2.27. The van der Waals surface area contributed by atoms with Crippen LogP contribution in [0.2, 0.25) is 0 Å². The van der Waals surface area contributed by atoms with Crippen molar-refractivity contribution in [3.05, 3.63) is 66.0 Å². The van der Waals surface area contributed by atoms with Gasteiger partial charge in [-0.2, -0.15) is 4.98 Å². The molecule has 1 aliphatic rings. The molecule has 1 saturated heterocycles. The van der Waals surface area contributed by atoms with E-state index in [1.165, 1.54) is 10.5 Å². The van der Waals surface area contributed by atoms with Gasteiger partial charge in [-0.15, -0.1) is 11.8 Å². The van der Waals surface area contributed by atoms with E-state index in [-0.39, 0.29) is 6.04 Å². The van der Waals surface area contributed by atoms with Gasteiger partial charge >= 0.3 is 0 Å². The second kappa shape index (κ2) is 8.03. The summed E-state index contributed by atoms with van der Waals surface area (Å²) in [6, 6.07) is 19.0. The Bertz CT molecular complexity index is 835. The monoisotopic (exact) mass is 366 g/mol. The highest BCUT2D eigenvalue weighted by molar-refractivity contribution is 7.98. The number of thioether (sulfide) groups is 1. The molecule has 5 nitrogen and oxygen atoms in total. The molecular formula is C20H22N4OS. The largest absolute Gasteiger partial charge is 0.334 e. The van der Waals surface area contributed by atoms with E-state index in [0.717, 1.165) is 36.8 Å². The zero-order valence-corrected chi connectivity index (χ0v) is 15.6. The third-order valence-electron chi connectivity index (χ3n) is 4.60. The predicted octanol–water partition coefficient (Wildman–Crippen LogP) is 3.61. The van der Waals surface area contributed by atoms with E-state index in [2.05, 4.69) is 63.8 Å². The Labute approximate surface area is 157 Å². The van der Waals surface area contributed by atoms with E-state index in [4.69, 9.17) is 4.52 Å². The molecule has 1 aromatic heterocycles. The predicted molar refractivity (Wildman–Crippen MR) is 104 cm³/mol. The molecule has 2 heterocycles. The summed E-state index contributed by atoms with van der Waals surface area (Å²) in [4.78, 5) is 8.10. The summed E-state index contributed by atoms with van der Waals surface area (Å²) in [6.07, 6.45) is 0. The molecule has 26 heavy (non-hydrogen) atoms. The van der Waals surface area contributed by atoms with Gasteiger partial charge in [-0.25, -0.2) is 0 Å². The van der Waals surface area contributed by atoms with Gasteiger partial charge in [0.15, 0.2) is 5.82 Å². The summed E-state index contributed by atoms with van der Waals surface area (Å²) in [7, 11) is 2.10. The Morgan fingerprint density at radius 3 is 2.73 bits per heavy atom. The summed E-state index contributed by atoms with van der Waals surface area (Å²) in [5, 5.41) is 7.57. The molecule has 0 radical (unpaired) electrons. The van der Waals surface area contributed by atoms with Gasteiger partial charge in [-0.1, -0.05) is 35.5 Å². The quantitative estimate of drug-likeness (QED) is 0.696. The lowest BCUT2D eigenvalue weighted by atomic mass is 10.2. The molecule has 0 amide bonds. The minimum Gasteiger partial charge on any atom is -0.334 e. The Morgan fingerprint density at radius 1 is 1.15 bits per heavy atom. The van der Waals surface area contributed by atoms with Crippen LogP contribution in [0.4, 0.5) is 0 Å². The number of nitrogens with zero attached hydrogens (tertiary/aromatic N) is 3. The number of piperazine rings is 1. The maximum absolute atomic E-state index is 5.50. The molecule has 1 aliphatic heterocycles. The number of hydrogen-bond acceptors (Lipinski definition) is 6. The molecule has 134 valence electrons. The average Bonchev–Trinajstić information content (AvgIpc) is 3.18. The van der Waals surface area contributed by atoms with Crippen LogP contribution in [-0.2, 0) is 5.75 Å². The second-order valence-electron chi connectivity index (χ2n) is 6.46. The smallest absolute Gasteiger partial charge is 0.257 e. The van der Waals surface area contributed by atoms with Gasteiger partial charge < -0.3 is 9.84 Å². The van der Waals surface area contributed by atoms with Crippen molar-refractivity contribution >= 4 is 11.8 Å². The second-order valence-corrected chi connectivity index (χ2v) is 7.51. The number of benzene rings is 2. The Hall–Kier alpha value is -2.15. The molecule has 1 fully saturated rings. The Balaban J connectivity index is 1.42. The van der Waals surface area contributed by atoms with Crippen molar-refractivity contribution in [2.45, 2.75) is 16.7 Å². The van der Waals surface area contributed by atoms with Gasteiger partial charge in [-0.3, -0.25) is 4.90 Å². The van der Waals surface area contributed by atoms with Crippen LogP contribution in [0.15, 0.2) is 64.0 Å². The molecule has 0 spiro atoms. The Morgan fingerprint density at radius 2 is 1.96 bits per heavy atom. The standard InChI is InChI=1S/C20H22N4OS/c1-24-12-11-21-13-18(24)19-22-20(25-23-19)16-7-9-17(10-8-16)26-14-15-5-3-2-4-6-15/h2-10,18,21H,11-14H2,1H3. The van der Waals surface area contributed by atoms with E-state index in [9.17, 15) is 0 Å². The fraction of sp³-hybridized carbons (Fsp3) is 0.300. The first-order chi connectivity index (χ1) is 12.8. The van der Waals surface area contributed by atoms with Crippen LogP contribution in [0.1, 0.15) is 17.4 Å². The van der Waals surface area contributed by atoms with Gasteiger partial charge in [0.05, 0.1) is 6.04 Å². The summed E-state index contributed by atoms with van der Waals surface area (Å²) >= 11 is 1.82. The molecule has 6 heteroatoms. The number of nitrogens with one attached hydrogen (secondary N) is 1. The minimum atomic E-state index is 0.168. The van der Waals surface area contributed by atoms with Gasteiger partial charge in [0.2, 0.25) is 0 Å². The molecule has 2 aromatic carbocycles. The van der Waals surface area contributed by atoms with Crippen molar-refractivity contribution in [2.24, 2.45) is 0 Å². The number of hydrogen-bond donors (Lipinski definition) is 1. The molecular weight excluding hydrogens is 344 g/mol. The van der Waals surface area contributed by atoms with Crippen molar-refractivity contribution in [2.75, 3.05) is 26.7 Å². The normalized spacial score (nSPS) is 18.1. The fourth-order valence-electron chi connectivity index (χ4n) is 3.02. The van der Waals surface area contributed by atoms with Crippen molar-refractivity contribution in [1.29, 1.82) is 0 Å². The van der Waals surface area contributed by atoms with Gasteiger partial charge in [-0.05, 0) is 36.9 Å². The topological polar surface area (TPSA) is 54.2 Å². The molecule has 1 atom stereocenters. The third kappa shape index (κ3) is 3.98. The zero-order chi connectivity index (χ0) is 17.8. The first-order valence-corrected chi connectivity index (χ1v) is 9.80. The van der Waals surface area contributed by atoms with E-state index in [1.54, 1.807) is 0 Å². The summed E-state index contributed by atoms with van der Waals surface area (Å²) in [6.45, 7) is 2.84. The zero-order valence-electron chi connectivity index (χ0n) is 14.8. The molecule has 1 N–H and O–H groups in total. The van der Waals surface area contributed by atoms with Crippen LogP contribution < -0.4 is 5.32 Å². The fourth-order valence-corrected chi connectivity index (χ4v) is 3.87. The van der Waals surface area contributed by atoms with Crippen LogP contribution in [0, 0.1) is 0 Å². The lowest BCUT2D eigenvalue weighted by molar-refractivity contribution is 0.190. The highest BCUT2D eigenvalue weighted by atomic mass is 32.2. The van der Waals surface area contributed by atoms with Crippen LogP contribution in [0.5, 0.6) is 0 Å². The van der Waals surface area contributed by atoms with Crippen molar-refractivity contribution < 1.29 is 4.52 Å². The van der Waals surface area contributed by atoms with E-state index in [1.807, 2.05) is 30.0 Å². The molecule has 1 unspecified atom stereocenters. The molecule has 0 aliphatic carbocycles. The average molecular weight is 366 g/mol. The van der Waals surface area contributed by atoms with Gasteiger partial charge in [0.1, 0.15) is 0 Å². The van der Waals surface area contributed by atoms with E-state index in [0.29, 0.717) is 5.89 Å². The van der Waals surface area contributed by atoms with Crippen LogP contribution in [0.25, 0.3) is 11.5 Å². The number of likely N-dealkylation sites (N-methyl/N-ethyl adjacent to an activating group) is 1. The SMILES string of the molecule is CN1CCNCC1c1noc(-c2ccc(SCc3ccccc3)cc2)n1. The molecule has 0 saturated carbocycles. The van der Waals surface area contributed by atoms with Gasteiger partial charge in [0, 0.05) is 35.8 Å². The Kier molecular flexibility index (Phi) is 5.34. The van der Waals surface area contributed by atoms with E-state index < -0.39 is 0 Å². The lowest BCUT2D eigenvalue weighted by Gasteiger charge is -2.30. The number of rotatable bonds is 5. The summed E-state index contributed by atoms with van der Waals surface area (Å²) < 4.78 is 5.50. The molecule has 3 aromatic rings. The highest BCUT2D eigenvalue weighted by Gasteiger charge is 2.25. The van der Waals surface area contributed by atoms with Crippen LogP contribution >= 0.6 is 11.8 Å². The van der Waals surface area contributed by atoms with Crippen molar-refractivity contribution in [1.82, 2.24) is 20.4 Å². The first-order valence-electron chi connectivity index (χ1n) is 8.81. The summed E-state index contributed by atoms with van der Waals surface area (Å²) in [5.41, 5.74) is 2.28. The minimum absolute atomic E-state index is 0.168. The van der Waals surface area contributed by atoms with E-state index >= 15 is 0 Å². The number of aromatic nitrogens is 2. The molecule has 0 bridgehead atoms. The maximum Gasteiger partial charge on any atom is 0.257 e. The first kappa shape index (κ1) is 17.3. The maximum atomic E-state index is 5.50. The van der Waals surface area contributed by atoms with Crippen molar-refractivity contribution in [3.63, 3.8) is 0 Å². The van der Waals surface area contributed by atoms with Crippen LogP contribution in [-0.4, -0.2) is 41.7 Å². The van der Waals surface area contributed by atoms with Crippen molar-refractivity contribution in [3.8, 4) is 11.5 Å². The summed E-state index contributed by atoms with van der Waals surface area (Å²) in [5.74, 6) is 2.29. The van der Waals surface area contributed by atoms with Gasteiger partial charge in [0.25, 0.3) is 5.89 Å². The molecule has 4 rings (SSSR count).